The molecule has 3 aromatic heterocycles. The van der Waals surface area contributed by atoms with Crippen LogP contribution in [0.25, 0.3) is 22.3 Å². The molecule has 0 aliphatic carbocycles. The minimum atomic E-state index is -0.678. The van der Waals surface area contributed by atoms with Gasteiger partial charge < -0.3 is 19.5 Å². The number of piperidine rings is 1. The molecule has 0 saturated carbocycles. The fourth-order valence-corrected chi connectivity index (χ4v) is 5.64. The van der Waals surface area contributed by atoms with Crippen molar-refractivity contribution in [2.75, 3.05) is 25.0 Å². The van der Waals surface area contributed by atoms with Crippen molar-refractivity contribution in [2.45, 2.75) is 59.6 Å². The third kappa shape index (κ3) is 6.04. The van der Waals surface area contributed by atoms with Crippen molar-refractivity contribution in [3.63, 3.8) is 0 Å². The first-order valence-electron chi connectivity index (χ1n) is 14.0. The number of hydrogen-bond acceptors (Lipinski definition) is 8. The van der Waals surface area contributed by atoms with E-state index in [2.05, 4.69) is 37.1 Å². The number of fused-ring (bicyclic) bond motifs is 1. The quantitative estimate of drug-likeness (QED) is 0.256. The van der Waals surface area contributed by atoms with Gasteiger partial charge in [-0.15, -0.1) is 0 Å². The molecule has 0 amide bonds. The predicted molar refractivity (Wildman–Crippen MR) is 153 cm³/mol. The van der Waals surface area contributed by atoms with Crippen LogP contribution in [0.3, 0.4) is 0 Å². The fraction of sp³-hybridized carbons (Fsp3) is 0.433. The Morgan fingerprint density at radius 1 is 1.10 bits per heavy atom. The molecule has 5 rings (SSSR count). The molecule has 4 aromatic rings. The van der Waals surface area contributed by atoms with E-state index in [4.69, 9.17) is 4.74 Å². The highest BCUT2D eigenvalue weighted by atomic mass is 19.1. The highest BCUT2D eigenvalue weighted by molar-refractivity contribution is 5.83. The molecule has 41 heavy (non-hydrogen) atoms. The second-order valence-corrected chi connectivity index (χ2v) is 10.7. The van der Waals surface area contributed by atoms with Gasteiger partial charge in [0, 0.05) is 36.2 Å². The zero-order chi connectivity index (χ0) is 29.3. The molecule has 0 bridgehead atoms. The Balaban J connectivity index is 1.39. The van der Waals surface area contributed by atoms with Crippen LogP contribution in [0, 0.1) is 24.5 Å². The molecule has 1 unspecified atom stereocenters. The van der Waals surface area contributed by atoms with E-state index < -0.39 is 11.6 Å². The molecule has 1 N–H and O–H groups in total. The number of nitrogens with one attached hydrogen (secondary N) is 1. The van der Waals surface area contributed by atoms with Gasteiger partial charge in [0.05, 0.1) is 11.7 Å². The number of nitrogens with zero attached hydrogens (tertiary/aromatic N) is 6. The number of pyridine rings is 1. The van der Waals surface area contributed by atoms with Crippen LogP contribution in [0.1, 0.15) is 64.1 Å². The van der Waals surface area contributed by atoms with Crippen LogP contribution < -0.4 is 5.32 Å². The number of anilines is 2. The number of benzene rings is 1. The number of hydrogen-bond donors (Lipinski definition) is 1. The summed E-state index contributed by atoms with van der Waals surface area (Å²) in [5, 5.41) is 3.00. The Kier molecular flexibility index (Phi) is 8.25. The van der Waals surface area contributed by atoms with Crippen LogP contribution in [-0.4, -0.2) is 55.0 Å². The number of halogens is 2. The van der Waals surface area contributed by atoms with Crippen LogP contribution >= 0.6 is 0 Å². The summed E-state index contributed by atoms with van der Waals surface area (Å²) in [5.41, 5.74) is 1.85. The molecule has 216 valence electrons. The second kappa shape index (κ2) is 11.9. The van der Waals surface area contributed by atoms with Crippen molar-refractivity contribution < 1.29 is 18.3 Å². The number of esters is 1. The maximum Gasteiger partial charge on any atom is 0.303 e. The highest BCUT2D eigenvalue weighted by Crippen LogP contribution is 2.34. The van der Waals surface area contributed by atoms with Crippen LogP contribution in [0.15, 0.2) is 36.7 Å². The fourth-order valence-electron chi connectivity index (χ4n) is 5.64. The molecule has 0 spiro atoms. The number of imidazole rings is 1. The van der Waals surface area contributed by atoms with Crippen LogP contribution in [0.5, 0.6) is 0 Å². The summed E-state index contributed by atoms with van der Waals surface area (Å²) >= 11 is 0. The molecular formula is C30H35F2N7O2. The number of aryl methyl sites for hydroxylation is 1. The Morgan fingerprint density at radius 3 is 2.49 bits per heavy atom. The Bertz CT molecular complexity index is 1550. The molecule has 9 nitrogen and oxygen atoms in total. The van der Waals surface area contributed by atoms with Gasteiger partial charge in [0.15, 0.2) is 11.6 Å². The first kappa shape index (κ1) is 28.5. The maximum absolute atomic E-state index is 15.0. The molecule has 1 fully saturated rings. The zero-order valence-corrected chi connectivity index (χ0v) is 24.0. The van der Waals surface area contributed by atoms with E-state index in [0.717, 1.165) is 44.2 Å². The summed E-state index contributed by atoms with van der Waals surface area (Å²) in [6.45, 7) is 12.3. The molecule has 1 aliphatic rings. The molecule has 1 atom stereocenters. The van der Waals surface area contributed by atoms with Gasteiger partial charge in [-0.25, -0.2) is 28.7 Å². The number of carbonyl (C=O) groups is 1. The lowest BCUT2D eigenvalue weighted by Gasteiger charge is -2.35. The molecule has 1 aliphatic heterocycles. The van der Waals surface area contributed by atoms with E-state index in [9.17, 15) is 9.18 Å². The summed E-state index contributed by atoms with van der Waals surface area (Å²) in [6, 6.07) is 6.58. The van der Waals surface area contributed by atoms with Gasteiger partial charge in [-0.05, 0) is 71.4 Å². The minimum absolute atomic E-state index is 0.0394. The Labute approximate surface area is 238 Å². The molecular weight excluding hydrogens is 528 g/mol. The van der Waals surface area contributed by atoms with Crippen molar-refractivity contribution in [1.82, 2.24) is 29.4 Å². The van der Waals surface area contributed by atoms with Gasteiger partial charge in [0.2, 0.25) is 5.95 Å². The van der Waals surface area contributed by atoms with Gasteiger partial charge >= 0.3 is 5.97 Å². The van der Waals surface area contributed by atoms with Crippen molar-refractivity contribution in [3.05, 3.63) is 59.7 Å². The van der Waals surface area contributed by atoms with E-state index in [1.165, 1.54) is 13.0 Å². The minimum Gasteiger partial charge on any atom is -0.457 e. The lowest BCUT2D eigenvalue weighted by molar-refractivity contribution is -0.150. The molecule has 1 saturated heterocycles. The van der Waals surface area contributed by atoms with Crippen molar-refractivity contribution in [3.8, 4) is 11.3 Å². The van der Waals surface area contributed by atoms with Gasteiger partial charge in [-0.3, -0.25) is 4.79 Å². The average Bonchev–Trinajstić information content (AvgIpc) is 3.30. The third-order valence-corrected chi connectivity index (χ3v) is 7.61. The first-order chi connectivity index (χ1) is 19.6. The number of ether oxygens (including phenoxy) is 1. The molecule has 4 heterocycles. The van der Waals surface area contributed by atoms with Crippen LogP contribution in [0.4, 0.5) is 20.5 Å². The SMILES string of the molecule is CCN1CCC(C(OC(C)=O)c2ccc(Nc3ncc(F)c(-c4cc(F)c5nc(C)n(C(C)C)c5c4)n3)nc2)CC1. The molecule has 1 aromatic carbocycles. The number of carbonyl (C=O) groups excluding carboxylic acids is 1. The average molecular weight is 564 g/mol. The summed E-state index contributed by atoms with van der Waals surface area (Å²) in [7, 11) is 0. The number of aromatic nitrogens is 5. The third-order valence-electron chi connectivity index (χ3n) is 7.61. The lowest BCUT2D eigenvalue weighted by atomic mass is 9.87. The van der Waals surface area contributed by atoms with E-state index >= 15 is 4.39 Å². The Hall–Kier alpha value is -3.99. The predicted octanol–water partition coefficient (Wildman–Crippen LogP) is 6.14. The normalized spacial score (nSPS) is 15.4. The van der Waals surface area contributed by atoms with Gasteiger partial charge in [-0.1, -0.05) is 13.0 Å². The van der Waals surface area contributed by atoms with E-state index in [-0.39, 0.29) is 46.8 Å². The topological polar surface area (TPSA) is 98.1 Å². The van der Waals surface area contributed by atoms with Crippen molar-refractivity contribution in [2.24, 2.45) is 5.92 Å². The van der Waals surface area contributed by atoms with Crippen molar-refractivity contribution >= 4 is 28.8 Å². The summed E-state index contributed by atoms with van der Waals surface area (Å²) in [5.74, 6) is -0.130. The summed E-state index contributed by atoms with van der Waals surface area (Å²) < 4.78 is 37.6. The summed E-state index contributed by atoms with van der Waals surface area (Å²) in [6.07, 6.45) is 4.20. The zero-order valence-electron chi connectivity index (χ0n) is 24.0. The summed E-state index contributed by atoms with van der Waals surface area (Å²) in [4.78, 5) is 31.5. The number of rotatable bonds is 8. The first-order valence-corrected chi connectivity index (χ1v) is 14.0. The van der Waals surface area contributed by atoms with E-state index in [1.54, 1.807) is 18.3 Å². The van der Waals surface area contributed by atoms with Gasteiger partial charge in [0.25, 0.3) is 0 Å². The molecule has 11 heteroatoms. The van der Waals surface area contributed by atoms with Crippen LogP contribution in [0.2, 0.25) is 0 Å². The molecule has 0 radical (unpaired) electrons. The van der Waals surface area contributed by atoms with Crippen LogP contribution in [-0.2, 0) is 9.53 Å². The highest BCUT2D eigenvalue weighted by Gasteiger charge is 2.30. The monoisotopic (exact) mass is 563 g/mol. The maximum atomic E-state index is 15.0. The largest absolute Gasteiger partial charge is 0.457 e. The van der Waals surface area contributed by atoms with E-state index in [1.807, 2.05) is 31.4 Å². The number of likely N-dealkylation sites (tertiary alicyclic amines) is 1. The lowest BCUT2D eigenvalue weighted by Crippen LogP contribution is -2.36. The van der Waals surface area contributed by atoms with Crippen molar-refractivity contribution in [1.29, 1.82) is 0 Å². The van der Waals surface area contributed by atoms with Gasteiger partial charge in [0.1, 0.15) is 29.0 Å². The van der Waals surface area contributed by atoms with E-state index in [0.29, 0.717) is 17.2 Å². The second-order valence-electron chi connectivity index (χ2n) is 10.7. The smallest absolute Gasteiger partial charge is 0.303 e. The van der Waals surface area contributed by atoms with Gasteiger partial charge in [-0.2, -0.15) is 0 Å². The Morgan fingerprint density at radius 2 is 1.85 bits per heavy atom. The standard InChI is InChI=1S/C30H35F2N7O2/c1-6-38-11-9-20(10-12-38)29(41-19(5)40)21-7-8-26(33-15-21)36-30-34-16-24(32)27(37-30)22-13-23(31)28-25(14-22)39(17(2)3)18(4)35-28/h7-8,13-17,20,29H,6,9-12H2,1-5H3,(H,33,34,36,37).